The van der Waals surface area contributed by atoms with E-state index in [1.54, 1.807) is 37.3 Å². The summed E-state index contributed by atoms with van der Waals surface area (Å²) in [5.74, 6) is -0.343. The number of nitrogens with one attached hydrogen (secondary N) is 2. The first-order valence-corrected chi connectivity index (χ1v) is 9.26. The number of halogens is 1. The normalized spacial score (nSPS) is 11.8. The predicted molar refractivity (Wildman–Crippen MR) is 97.8 cm³/mol. The first kappa shape index (κ1) is 17.8. The van der Waals surface area contributed by atoms with Crippen molar-refractivity contribution in [3.63, 3.8) is 0 Å². The fraction of sp³-hybridized carbons (Fsp3) is 0.111. The van der Waals surface area contributed by atoms with Gasteiger partial charge in [0.15, 0.2) is 0 Å². The molecule has 3 aromatic rings. The number of sulfonamides is 1. The first-order valence-electron chi connectivity index (χ1n) is 7.78. The average Bonchev–Trinajstić information content (AvgIpc) is 3.03. The van der Waals surface area contributed by atoms with Gasteiger partial charge in [0.05, 0.1) is 23.0 Å². The maximum Gasteiger partial charge on any atom is 0.276 e. The summed E-state index contributed by atoms with van der Waals surface area (Å²) in [5.41, 5.74) is 3.51. The van der Waals surface area contributed by atoms with Crippen LogP contribution in [0.15, 0.2) is 58.7 Å². The second-order valence-corrected chi connectivity index (χ2v) is 7.46. The molecule has 0 aliphatic carbocycles. The van der Waals surface area contributed by atoms with Crippen molar-refractivity contribution in [3.8, 4) is 11.3 Å². The third kappa shape index (κ3) is 3.80. The number of aromatic amines is 1. The van der Waals surface area contributed by atoms with Crippen LogP contribution < -0.4 is 4.83 Å². The van der Waals surface area contributed by atoms with Crippen LogP contribution in [0.3, 0.4) is 0 Å². The number of benzene rings is 2. The van der Waals surface area contributed by atoms with Crippen LogP contribution in [0.5, 0.6) is 0 Å². The zero-order chi connectivity index (χ0) is 18.7. The largest absolute Gasteiger partial charge is 0.277 e. The van der Waals surface area contributed by atoms with Gasteiger partial charge in [-0.3, -0.25) is 5.10 Å². The topological polar surface area (TPSA) is 87.2 Å². The SMILES string of the molecule is Cc1ccc(S(=O)(=O)N/N=C/c2cn[nH]c2-c2ccc(F)cc2)c(C)c1. The molecule has 134 valence electrons. The lowest BCUT2D eigenvalue weighted by molar-refractivity contribution is 0.584. The fourth-order valence-electron chi connectivity index (χ4n) is 2.56. The Hall–Kier alpha value is -3.00. The Morgan fingerprint density at radius 2 is 1.88 bits per heavy atom. The van der Waals surface area contributed by atoms with Crippen LogP contribution >= 0.6 is 0 Å². The highest BCUT2D eigenvalue weighted by Crippen LogP contribution is 2.20. The van der Waals surface area contributed by atoms with E-state index in [1.165, 1.54) is 24.5 Å². The van der Waals surface area contributed by atoms with E-state index in [0.717, 1.165) is 5.56 Å². The zero-order valence-electron chi connectivity index (χ0n) is 14.2. The van der Waals surface area contributed by atoms with E-state index in [-0.39, 0.29) is 10.7 Å². The minimum absolute atomic E-state index is 0.172. The van der Waals surface area contributed by atoms with Crippen molar-refractivity contribution >= 4 is 16.2 Å². The van der Waals surface area contributed by atoms with Crippen LogP contribution in [-0.4, -0.2) is 24.8 Å². The monoisotopic (exact) mass is 372 g/mol. The summed E-state index contributed by atoms with van der Waals surface area (Å²) in [4.78, 5) is 2.37. The lowest BCUT2D eigenvalue weighted by Crippen LogP contribution is -2.19. The Morgan fingerprint density at radius 3 is 2.58 bits per heavy atom. The number of aryl methyl sites for hydroxylation is 2. The van der Waals surface area contributed by atoms with Crippen LogP contribution in [0.4, 0.5) is 4.39 Å². The molecule has 1 heterocycles. The van der Waals surface area contributed by atoms with Gasteiger partial charge in [-0.15, -0.1) is 0 Å². The summed E-state index contributed by atoms with van der Waals surface area (Å²) in [6.45, 7) is 3.62. The Balaban J connectivity index is 1.81. The van der Waals surface area contributed by atoms with E-state index in [0.29, 0.717) is 22.4 Å². The van der Waals surface area contributed by atoms with E-state index < -0.39 is 10.0 Å². The summed E-state index contributed by atoms with van der Waals surface area (Å²) in [6, 6.07) is 10.9. The summed E-state index contributed by atoms with van der Waals surface area (Å²) in [5, 5.41) is 10.6. The Labute approximate surface area is 150 Å². The molecule has 0 bridgehead atoms. The van der Waals surface area contributed by atoms with Gasteiger partial charge in [-0.25, -0.2) is 9.22 Å². The standard InChI is InChI=1S/C18H17FN4O2S/c1-12-3-8-17(13(2)9-12)26(24,25)23-21-11-15-10-20-22-18(15)14-4-6-16(19)7-5-14/h3-11,23H,1-2H3,(H,20,22)/b21-11+. The maximum absolute atomic E-state index is 13.1. The summed E-state index contributed by atoms with van der Waals surface area (Å²) in [6.07, 6.45) is 2.86. The highest BCUT2D eigenvalue weighted by Gasteiger charge is 2.15. The van der Waals surface area contributed by atoms with Crippen LogP contribution in [-0.2, 0) is 10.0 Å². The van der Waals surface area contributed by atoms with E-state index in [1.807, 2.05) is 6.92 Å². The number of nitrogens with zero attached hydrogens (tertiary/aromatic N) is 2. The van der Waals surface area contributed by atoms with E-state index in [2.05, 4.69) is 20.1 Å². The van der Waals surface area contributed by atoms with E-state index in [9.17, 15) is 12.8 Å². The second-order valence-electron chi connectivity index (χ2n) is 5.83. The van der Waals surface area contributed by atoms with Gasteiger partial charge in [-0.2, -0.15) is 18.6 Å². The molecule has 0 fully saturated rings. The molecule has 0 spiro atoms. The molecule has 0 amide bonds. The van der Waals surface area contributed by atoms with E-state index >= 15 is 0 Å². The van der Waals surface area contributed by atoms with Gasteiger partial charge < -0.3 is 0 Å². The minimum atomic E-state index is -3.77. The quantitative estimate of drug-likeness (QED) is 0.533. The number of rotatable bonds is 5. The highest BCUT2D eigenvalue weighted by molar-refractivity contribution is 7.89. The molecule has 2 N–H and O–H groups in total. The van der Waals surface area contributed by atoms with Gasteiger partial charge in [0.1, 0.15) is 5.82 Å². The Bertz CT molecular complexity index is 1060. The second kappa shape index (κ2) is 7.09. The Morgan fingerprint density at radius 1 is 1.15 bits per heavy atom. The summed E-state index contributed by atoms with van der Waals surface area (Å²) < 4.78 is 37.8. The molecule has 1 aromatic heterocycles. The van der Waals surface area contributed by atoms with Crippen LogP contribution in [0.2, 0.25) is 0 Å². The summed E-state index contributed by atoms with van der Waals surface area (Å²) in [7, 11) is -3.77. The number of aromatic nitrogens is 2. The molecule has 0 aliphatic rings. The molecule has 0 aliphatic heterocycles. The van der Waals surface area contributed by atoms with Crippen LogP contribution in [0.25, 0.3) is 11.3 Å². The predicted octanol–water partition coefficient (Wildman–Crippen LogP) is 3.15. The van der Waals surface area contributed by atoms with Gasteiger partial charge in [-0.05, 0) is 49.7 Å². The molecule has 0 saturated heterocycles. The molecule has 0 radical (unpaired) electrons. The van der Waals surface area contributed by atoms with Crippen molar-refractivity contribution in [3.05, 3.63) is 71.2 Å². The summed E-state index contributed by atoms with van der Waals surface area (Å²) >= 11 is 0. The molecular formula is C18H17FN4O2S. The smallest absolute Gasteiger partial charge is 0.276 e. The number of H-pyrrole nitrogens is 1. The molecule has 6 nitrogen and oxygen atoms in total. The first-order chi connectivity index (χ1) is 12.4. The zero-order valence-corrected chi connectivity index (χ0v) is 15.0. The number of hydrazone groups is 1. The van der Waals surface area contributed by atoms with Crippen LogP contribution in [0.1, 0.15) is 16.7 Å². The van der Waals surface area contributed by atoms with Gasteiger partial charge in [0, 0.05) is 11.1 Å². The molecule has 26 heavy (non-hydrogen) atoms. The van der Waals surface area contributed by atoms with Crippen LogP contribution in [0, 0.1) is 19.7 Å². The molecule has 0 atom stereocenters. The highest BCUT2D eigenvalue weighted by atomic mass is 32.2. The Kier molecular flexibility index (Phi) is 4.85. The third-order valence-corrected chi connectivity index (χ3v) is 5.18. The molecule has 8 heteroatoms. The number of hydrogen-bond acceptors (Lipinski definition) is 4. The molecule has 0 saturated carbocycles. The maximum atomic E-state index is 13.1. The van der Waals surface area contributed by atoms with Gasteiger partial charge >= 0.3 is 0 Å². The van der Waals surface area contributed by atoms with Crippen molar-refractivity contribution in [2.45, 2.75) is 18.7 Å². The number of hydrogen-bond donors (Lipinski definition) is 2. The van der Waals surface area contributed by atoms with E-state index in [4.69, 9.17) is 0 Å². The molecule has 2 aromatic carbocycles. The average molecular weight is 372 g/mol. The van der Waals surface area contributed by atoms with Crippen molar-refractivity contribution in [2.24, 2.45) is 5.10 Å². The fourth-order valence-corrected chi connectivity index (χ4v) is 3.58. The van der Waals surface area contributed by atoms with Gasteiger partial charge in [-0.1, -0.05) is 17.7 Å². The molecular weight excluding hydrogens is 355 g/mol. The van der Waals surface area contributed by atoms with Crippen molar-refractivity contribution in [1.29, 1.82) is 0 Å². The van der Waals surface area contributed by atoms with Crippen molar-refractivity contribution < 1.29 is 12.8 Å². The van der Waals surface area contributed by atoms with Gasteiger partial charge in [0.25, 0.3) is 10.0 Å². The molecule has 3 rings (SSSR count). The lowest BCUT2D eigenvalue weighted by atomic mass is 10.1. The van der Waals surface area contributed by atoms with Crippen molar-refractivity contribution in [2.75, 3.05) is 0 Å². The third-order valence-electron chi connectivity index (χ3n) is 3.80. The lowest BCUT2D eigenvalue weighted by Gasteiger charge is -2.07. The minimum Gasteiger partial charge on any atom is -0.277 e. The van der Waals surface area contributed by atoms with Gasteiger partial charge in [0.2, 0.25) is 0 Å². The van der Waals surface area contributed by atoms with Crippen molar-refractivity contribution in [1.82, 2.24) is 15.0 Å². The molecule has 0 unspecified atom stereocenters.